The normalized spacial score (nSPS) is 9.67. The number of nitrogens with zero attached hydrogens (tertiary/aromatic N) is 4. The van der Waals surface area contributed by atoms with E-state index in [-0.39, 0.29) is 12.6 Å². The number of anilines is 2. The molecule has 1 rings (SSSR count). The first-order chi connectivity index (χ1) is 8.74. The molecule has 0 aliphatic heterocycles. The van der Waals surface area contributed by atoms with Crippen LogP contribution in [0.4, 0.5) is 11.9 Å². The molecule has 0 saturated carbocycles. The van der Waals surface area contributed by atoms with Crippen molar-refractivity contribution in [2.24, 2.45) is 0 Å². The predicted octanol–water partition coefficient (Wildman–Crippen LogP) is 1.16. The monoisotopic (exact) mass is 249 g/mol. The van der Waals surface area contributed by atoms with Gasteiger partial charge < -0.3 is 15.0 Å². The van der Waals surface area contributed by atoms with Gasteiger partial charge in [-0.3, -0.25) is 0 Å². The van der Waals surface area contributed by atoms with E-state index in [2.05, 4.69) is 26.2 Å². The van der Waals surface area contributed by atoms with Crippen LogP contribution in [-0.2, 0) is 0 Å². The van der Waals surface area contributed by atoms with Crippen molar-refractivity contribution in [2.75, 3.05) is 36.5 Å². The second-order valence-electron chi connectivity index (χ2n) is 3.44. The summed E-state index contributed by atoms with van der Waals surface area (Å²) in [7, 11) is 0. The molecule has 0 unspecified atom stereocenters. The van der Waals surface area contributed by atoms with E-state index in [0.29, 0.717) is 11.9 Å². The highest BCUT2D eigenvalue weighted by atomic mass is 16.5. The van der Waals surface area contributed by atoms with E-state index in [1.165, 1.54) is 0 Å². The minimum atomic E-state index is 0.146. The van der Waals surface area contributed by atoms with Crippen LogP contribution in [0.25, 0.3) is 0 Å². The van der Waals surface area contributed by atoms with Crippen molar-refractivity contribution in [3.63, 3.8) is 0 Å². The Hall–Kier alpha value is -2.03. The molecule has 0 aliphatic rings. The van der Waals surface area contributed by atoms with Gasteiger partial charge in [0.25, 0.3) is 0 Å². The molecule has 0 saturated heterocycles. The lowest BCUT2D eigenvalue weighted by molar-refractivity contribution is 0.339. The van der Waals surface area contributed by atoms with Gasteiger partial charge in [-0.15, -0.1) is 6.42 Å². The summed E-state index contributed by atoms with van der Waals surface area (Å²) in [6.45, 7) is 8.58. The molecule has 0 aliphatic carbocycles. The van der Waals surface area contributed by atoms with Crippen molar-refractivity contribution in [2.45, 2.75) is 20.8 Å². The van der Waals surface area contributed by atoms with Gasteiger partial charge in [0.15, 0.2) is 6.61 Å². The Bertz CT molecular complexity index is 411. The number of rotatable bonds is 7. The van der Waals surface area contributed by atoms with E-state index < -0.39 is 0 Å². The first-order valence-electron chi connectivity index (χ1n) is 6.06. The molecule has 0 bridgehead atoms. The van der Waals surface area contributed by atoms with E-state index in [0.717, 1.165) is 19.6 Å². The highest BCUT2D eigenvalue weighted by Gasteiger charge is 2.11. The van der Waals surface area contributed by atoms with E-state index in [4.69, 9.17) is 11.2 Å². The van der Waals surface area contributed by atoms with Crippen LogP contribution in [0.3, 0.4) is 0 Å². The summed E-state index contributed by atoms with van der Waals surface area (Å²) in [4.78, 5) is 14.7. The average molecular weight is 249 g/mol. The largest absolute Gasteiger partial charge is 0.450 e. The number of ether oxygens (including phenoxy) is 1. The van der Waals surface area contributed by atoms with Crippen molar-refractivity contribution in [1.82, 2.24) is 15.0 Å². The Balaban J connectivity index is 3.01. The van der Waals surface area contributed by atoms with Crippen molar-refractivity contribution in [3.8, 4) is 18.4 Å². The van der Waals surface area contributed by atoms with Crippen LogP contribution < -0.4 is 15.0 Å². The van der Waals surface area contributed by atoms with Crippen molar-refractivity contribution < 1.29 is 4.74 Å². The summed E-state index contributed by atoms with van der Waals surface area (Å²) in [6.07, 6.45) is 5.15. The molecule has 1 N–H and O–H groups in total. The second-order valence-corrected chi connectivity index (χ2v) is 3.44. The summed E-state index contributed by atoms with van der Waals surface area (Å²) in [6, 6.07) is 0.251. The van der Waals surface area contributed by atoms with Gasteiger partial charge >= 0.3 is 6.01 Å². The number of hydrogen-bond donors (Lipinski definition) is 1. The summed E-state index contributed by atoms with van der Waals surface area (Å²) in [5, 5.41) is 3.05. The van der Waals surface area contributed by atoms with Gasteiger partial charge in [-0.2, -0.15) is 15.0 Å². The molecular weight excluding hydrogens is 230 g/mol. The minimum Gasteiger partial charge on any atom is -0.450 e. The lowest BCUT2D eigenvalue weighted by Gasteiger charge is -2.19. The second kappa shape index (κ2) is 7.33. The Labute approximate surface area is 108 Å². The van der Waals surface area contributed by atoms with Crippen LogP contribution in [0.15, 0.2) is 0 Å². The first kappa shape index (κ1) is 14.0. The van der Waals surface area contributed by atoms with Crippen LogP contribution >= 0.6 is 0 Å². The van der Waals surface area contributed by atoms with Crippen molar-refractivity contribution in [1.29, 1.82) is 0 Å². The molecule has 0 amide bonds. The maximum absolute atomic E-state index is 5.26. The Morgan fingerprint density at radius 2 is 1.94 bits per heavy atom. The van der Waals surface area contributed by atoms with E-state index >= 15 is 0 Å². The number of terminal acetylenes is 1. The van der Waals surface area contributed by atoms with Gasteiger partial charge in [-0.1, -0.05) is 5.92 Å². The summed E-state index contributed by atoms with van der Waals surface area (Å²) < 4.78 is 5.26. The molecule has 6 nitrogen and oxygen atoms in total. The maximum atomic E-state index is 5.26. The Morgan fingerprint density at radius 3 is 2.50 bits per heavy atom. The van der Waals surface area contributed by atoms with Gasteiger partial charge in [0.1, 0.15) is 0 Å². The fourth-order valence-corrected chi connectivity index (χ4v) is 1.40. The average Bonchev–Trinajstić information content (AvgIpc) is 2.38. The predicted molar refractivity (Wildman–Crippen MR) is 71.9 cm³/mol. The lowest BCUT2D eigenvalue weighted by atomic mass is 10.5. The molecular formula is C12H19N5O. The highest BCUT2D eigenvalue weighted by Crippen LogP contribution is 2.14. The van der Waals surface area contributed by atoms with Crippen LogP contribution in [-0.4, -0.2) is 41.2 Å². The molecule has 0 atom stereocenters. The highest BCUT2D eigenvalue weighted by molar-refractivity contribution is 5.38. The molecule has 1 aromatic heterocycles. The molecule has 98 valence electrons. The number of hydrogen-bond acceptors (Lipinski definition) is 6. The summed E-state index contributed by atoms with van der Waals surface area (Å²) in [5.74, 6) is 3.48. The minimum absolute atomic E-state index is 0.146. The first-order valence-corrected chi connectivity index (χ1v) is 6.06. The molecule has 0 aromatic carbocycles. The quantitative estimate of drug-likeness (QED) is 0.732. The maximum Gasteiger partial charge on any atom is 0.324 e. The van der Waals surface area contributed by atoms with Crippen molar-refractivity contribution in [3.05, 3.63) is 0 Å². The van der Waals surface area contributed by atoms with Crippen LogP contribution in [0, 0.1) is 12.3 Å². The van der Waals surface area contributed by atoms with Gasteiger partial charge in [0, 0.05) is 19.6 Å². The fourth-order valence-electron chi connectivity index (χ4n) is 1.40. The topological polar surface area (TPSA) is 63.2 Å². The van der Waals surface area contributed by atoms with Gasteiger partial charge in [-0.25, -0.2) is 0 Å². The van der Waals surface area contributed by atoms with E-state index in [1.807, 2.05) is 25.7 Å². The lowest BCUT2D eigenvalue weighted by Crippen LogP contribution is -2.25. The number of aromatic nitrogens is 3. The number of nitrogens with one attached hydrogen (secondary N) is 1. The van der Waals surface area contributed by atoms with E-state index in [9.17, 15) is 0 Å². The molecule has 0 fully saturated rings. The molecule has 1 aromatic rings. The third kappa shape index (κ3) is 3.77. The summed E-state index contributed by atoms with van der Waals surface area (Å²) >= 11 is 0. The fraction of sp³-hybridized carbons (Fsp3) is 0.583. The molecule has 0 spiro atoms. The van der Waals surface area contributed by atoms with Gasteiger partial charge in [0.05, 0.1) is 0 Å². The van der Waals surface area contributed by atoms with Crippen molar-refractivity contribution >= 4 is 11.9 Å². The molecule has 1 heterocycles. The third-order valence-corrected chi connectivity index (χ3v) is 2.27. The van der Waals surface area contributed by atoms with Gasteiger partial charge in [0.2, 0.25) is 11.9 Å². The Morgan fingerprint density at radius 1 is 1.22 bits per heavy atom. The Kier molecular flexibility index (Phi) is 5.71. The SMILES string of the molecule is C#CCOc1nc(NCC)nc(N(CC)CC)n1. The smallest absolute Gasteiger partial charge is 0.324 e. The summed E-state index contributed by atoms with van der Waals surface area (Å²) in [5.41, 5.74) is 0. The van der Waals surface area contributed by atoms with Crippen LogP contribution in [0.1, 0.15) is 20.8 Å². The van der Waals surface area contributed by atoms with Crippen LogP contribution in [0.2, 0.25) is 0 Å². The zero-order valence-corrected chi connectivity index (χ0v) is 11.1. The molecule has 6 heteroatoms. The van der Waals surface area contributed by atoms with Crippen LogP contribution in [0.5, 0.6) is 6.01 Å². The zero-order chi connectivity index (χ0) is 13.4. The standard InChI is InChI=1S/C12H19N5O/c1-5-9-18-12-15-10(13-6-2)14-11(16-12)17(7-3)8-4/h1H,6-9H2,2-4H3,(H,13,14,15,16). The molecule has 18 heavy (non-hydrogen) atoms. The third-order valence-electron chi connectivity index (χ3n) is 2.27. The molecule has 0 radical (unpaired) electrons. The van der Waals surface area contributed by atoms with E-state index in [1.54, 1.807) is 0 Å². The van der Waals surface area contributed by atoms with Gasteiger partial charge in [-0.05, 0) is 20.8 Å². The zero-order valence-electron chi connectivity index (χ0n) is 11.1.